The van der Waals surface area contributed by atoms with Gasteiger partial charge in [0.2, 0.25) is 0 Å². The molecule has 0 spiro atoms. The molecule has 0 saturated carbocycles. The maximum atomic E-state index is 11.1. The molecule has 1 aromatic heterocycles. The van der Waals surface area contributed by atoms with Crippen LogP contribution in [0.15, 0.2) is 35.4 Å². The molecule has 21 heavy (non-hydrogen) atoms. The highest BCUT2D eigenvalue weighted by molar-refractivity contribution is 7.98. The van der Waals surface area contributed by atoms with Gasteiger partial charge in [0.25, 0.3) is 5.69 Å². The van der Waals surface area contributed by atoms with E-state index in [1.165, 1.54) is 4.90 Å². The molecule has 0 aliphatic rings. The molecule has 0 amide bonds. The number of hydrogen-bond acceptors (Lipinski definition) is 5. The highest BCUT2D eigenvalue weighted by Crippen LogP contribution is 2.25. The molecule has 0 bridgehead atoms. The molecular formula is C15H17N3O2S. The van der Waals surface area contributed by atoms with Crippen molar-refractivity contribution in [1.82, 2.24) is 4.98 Å². The molecule has 1 heterocycles. The highest BCUT2D eigenvalue weighted by atomic mass is 32.2. The van der Waals surface area contributed by atoms with Crippen LogP contribution in [0.5, 0.6) is 0 Å². The summed E-state index contributed by atoms with van der Waals surface area (Å²) in [7, 11) is 0. The Morgan fingerprint density at radius 3 is 2.81 bits per heavy atom. The zero-order chi connectivity index (χ0) is 15.4. The first kappa shape index (κ1) is 15.3. The van der Waals surface area contributed by atoms with Gasteiger partial charge < -0.3 is 5.32 Å². The third-order valence-corrected chi connectivity index (χ3v) is 4.01. The number of nitrogens with zero attached hydrogens (tertiary/aromatic N) is 2. The minimum Gasteiger partial charge on any atom is -0.379 e. The third kappa shape index (κ3) is 3.52. The fraction of sp³-hybridized carbons (Fsp3) is 0.267. The van der Waals surface area contributed by atoms with Crippen LogP contribution in [0.3, 0.4) is 0 Å². The third-order valence-electron chi connectivity index (χ3n) is 3.29. The number of rotatable bonds is 5. The van der Waals surface area contributed by atoms with Gasteiger partial charge in [-0.25, -0.2) is 0 Å². The van der Waals surface area contributed by atoms with Crippen molar-refractivity contribution in [2.24, 2.45) is 0 Å². The van der Waals surface area contributed by atoms with E-state index < -0.39 is 0 Å². The van der Waals surface area contributed by atoms with E-state index in [1.54, 1.807) is 31.8 Å². The Bertz CT molecular complexity index is 674. The summed E-state index contributed by atoms with van der Waals surface area (Å²) in [6.07, 6.45) is 3.58. The van der Waals surface area contributed by atoms with Gasteiger partial charge in [-0.15, -0.1) is 11.8 Å². The van der Waals surface area contributed by atoms with Crippen molar-refractivity contribution in [2.45, 2.75) is 25.3 Å². The van der Waals surface area contributed by atoms with Gasteiger partial charge in [0.1, 0.15) is 0 Å². The fourth-order valence-electron chi connectivity index (χ4n) is 2.14. The lowest BCUT2D eigenvalue weighted by atomic mass is 10.1. The molecule has 1 N–H and O–H groups in total. The number of pyridine rings is 1. The molecule has 2 aromatic rings. The van der Waals surface area contributed by atoms with Crippen LogP contribution in [-0.2, 0) is 6.54 Å². The van der Waals surface area contributed by atoms with Gasteiger partial charge in [-0.1, -0.05) is 6.07 Å². The Balaban J connectivity index is 2.20. The predicted molar refractivity (Wildman–Crippen MR) is 85.9 cm³/mol. The molecule has 0 fully saturated rings. The van der Waals surface area contributed by atoms with Gasteiger partial charge in [0.05, 0.1) is 22.7 Å². The summed E-state index contributed by atoms with van der Waals surface area (Å²) in [6.45, 7) is 3.91. The smallest absolute Gasteiger partial charge is 0.278 e. The molecule has 0 saturated heterocycles. The summed E-state index contributed by atoms with van der Waals surface area (Å²) in [5.74, 6) is 0. The first-order chi connectivity index (χ1) is 10.0. The van der Waals surface area contributed by atoms with Crippen molar-refractivity contribution >= 4 is 23.1 Å². The van der Waals surface area contributed by atoms with Crippen molar-refractivity contribution < 1.29 is 4.92 Å². The molecule has 2 rings (SSSR count). The fourth-order valence-corrected chi connectivity index (χ4v) is 2.60. The van der Waals surface area contributed by atoms with E-state index in [1.807, 2.05) is 30.5 Å². The van der Waals surface area contributed by atoms with Gasteiger partial charge >= 0.3 is 0 Å². The van der Waals surface area contributed by atoms with Gasteiger partial charge in [-0.05, 0) is 38.3 Å². The molecule has 0 aliphatic carbocycles. The average molecular weight is 303 g/mol. The average Bonchev–Trinajstić information content (AvgIpc) is 2.46. The molecule has 0 aliphatic heterocycles. The minimum atomic E-state index is -0.343. The van der Waals surface area contributed by atoms with E-state index in [4.69, 9.17) is 0 Å². The summed E-state index contributed by atoms with van der Waals surface area (Å²) in [5, 5.41) is 14.4. The van der Waals surface area contributed by atoms with Crippen molar-refractivity contribution in [3.8, 4) is 0 Å². The lowest BCUT2D eigenvalue weighted by Gasteiger charge is -2.10. The summed E-state index contributed by atoms with van der Waals surface area (Å²) in [4.78, 5) is 16.2. The number of anilines is 1. The van der Waals surface area contributed by atoms with E-state index >= 15 is 0 Å². The largest absolute Gasteiger partial charge is 0.379 e. The molecule has 6 heteroatoms. The van der Waals surface area contributed by atoms with E-state index in [0.29, 0.717) is 23.4 Å². The number of nitrogens with one attached hydrogen (secondary N) is 1. The highest BCUT2D eigenvalue weighted by Gasteiger charge is 2.18. The lowest BCUT2D eigenvalue weighted by molar-refractivity contribution is -0.386. The van der Waals surface area contributed by atoms with Crippen molar-refractivity contribution in [1.29, 1.82) is 0 Å². The summed E-state index contributed by atoms with van der Waals surface area (Å²) < 4.78 is 0. The number of nitro groups is 1. The predicted octanol–water partition coefficient (Wildman–Crippen LogP) is 3.94. The zero-order valence-electron chi connectivity index (χ0n) is 12.2. The van der Waals surface area contributed by atoms with Crippen LogP contribution in [0.1, 0.15) is 16.8 Å². The Morgan fingerprint density at radius 1 is 1.38 bits per heavy atom. The first-order valence-corrected chi connectivity index (χ1v) is 7.72. The molecule has 1 aromatic carbocycles. The molecular weight excluding hydrogens is 286 g/mol. The minimum absolute atomic E-state index is 0.152. The van der Waals surface area contributed by atoms with Crippen LogP contribution in [0, 0.1) is 24.0 Å². The molecule has 110 valence electrons. The molecule has 0 unspecified atom stereocenters. The van der Waals surface area contributed by atoms with E-state index in [0.717, 1.165) is 5.69 Å². The number of aromatic nitrogens is 1. The summed E-state index contributed by atoms with van der Waals surface area (Å²) in [5.41, 5.74) is 3.03. The number of aryl methyl sites for hydroxylation is 1. The monoisotopic (exact) mass is 303 g/mol. The maximum absolute atomic E-state index is 11.1. The van der Waals surface area contributed by atoms with Gasteiger partial charge in [-0.2, -0.15) is 0 Å². The Morgan fingerprint density at radius 2 is 2.14 bits per heavy atom. The number of thioether (sulfide) groups is 1. The Kier molecular flexibility index (Phi) is 4.80. The van der Waals surface area contributed by atoms with Gasteiger partial charge in [0, 0.05) is 22.3 Å². The van der Waals surface area contributed by atoms with Crippen LogP contribution in [0.2, 0.25) is 0 Å². The summed E-state index contributed by atoms with van der Waals surface area (Å²) in [6, 6.07) is 8.03. The normalized spacial score (nSPS) is 10.4. The van der Waals surface area contributed by atoms with Crippen LogP contribution in [-0.4, -0.2) is 16.2 Å². The second-order valence-corrected chi connectivity index (χ2v) is 5.58. The standard InChI is InChI=1S/C15H17N3O2S/c1-10-8-17-14(11(2)15(10)18(19)20)9-16-12-5-4-6-13(7-12)21-3/h4-8,16H,9H2,1-3H3. The van der Waals surface area contributed by atoms with E-state index in [2.05, 4.69) is 10.3 Å². The number of hydrogen-bond donors (Lipinski definition) is 1. The van der Waals surface area contributed by atoms with E-state index in [-0.39, 0.29) is 10.6 Å². The van der Waals surface area contributed by atoms with Crippen molar-refractivity contribution in [3.63, 3.8) is 0 Å². The SMILES string of the molecule is CSc1cccc(NCc2ncc(C)c([N+](=O)[O-])c2C)c1. The van der Waals surface area contributed by atoms with Crippen molar-refractivity contribution in [3.05, 3.63) is 57.4 Å². The Labute approximate surface area is 127 Å². The topological polar surface area (TPSA) is 68.1 Å². The lowest BCUT2D eigenvalue weighted by Crippen LogP contribution is -2.07. The first-order valence-electron chi connectivity index (χ1n) is 6.50. The van der Waals surface area contributed by atoms with E-state index in [9.17, 15) is 10.1 Å². The second kappa shape index (κ2) is 6.58. The van der Waals surface area contributed by atoms with Crippen LogP contribution in [0.25, 0.3) is 0 Å². The maximum Gasteiger partial charge on any atom is 0.278 e. The second-order valence-electron chi connectivity index (χ2n) is 4.70. The molecule has 0 radical (unpaired) electrons. The van der Waals surface area contributed by atoms with Crippen LogP contribution < -0.4 is 5.32 Å². The van der Waals surface area contributed by atoms with Crippen LogP contribution in [0.4, 0.5) is 11.4 Å². The zero-order valence-corrected chi connectivity index (χ0v) is 13.0. The van der Waals surface area contributed by atoms with Gasteiger partial charge in [0.15, 0.2) is 0 Å². The quantitative estimate of drug-likeness (QED) is 0.515. The Hall–Kier alpha value is -2.08. The number of benzene rings is 1. The van der Waals surface area contributed by atoms with Gasteiger partial charge in [-0.3, -0.25) is 15.1 Å². The molecule has 0 atom stereocenters. The van der Waals surface area contributed by atoms with Crippen molar-refractivity contribution in [2.75, 3.05) is 11.6 Å². The van der Waals surface area contributed by atoms with Crippen LogP contribution >= 0.6 is 11.8 Å². The summed E-state index contributed by atoms with van der Waals surface area (Å²) >= 11 is 1.67. The molecule has 5 nitrogen and oxygen atoms in total.